The lowest BCUT2D eigenvalue weighted by atomic mass is 10.1. The van der Waals surface area contributed by atoms with Crippen molar-refractivity contribution in [3.8, 4) is 5.75 Å². The molecule has 0 amide bonds. The Kier molecular flexibility index (Phi) is 6.75. The third-order valence-electron chi connectivity index (χ3n) is 2.49. The number of aliphatic carboxylic acids is 1. The quantitative estimate of drug-likeness (QED) is 0.570. The highest BCUT2D eigenvalue weighted by atomic mass is 79.9. The van der Waals surface area contributed by atoms with Gasteiger partial charge in [-0.25, -0.2) is 0 Å². The van der Waals surface area contributed by atoms with E-state index >= 15 is 0 Å². The normalized spacial score (nSPS) is 12.1. The molecule has 100 valence electrons. The van der Waals surface area contributed by atoms with Crippen LogP contribution in [0.5, 0.6) is 5.75 Å². The second-order valence-electron chi connectivity index (χ2n) is 4.04. The third kappa shape index (κ3) is 5.51. The molecule has 0 fully saturated rings. The topological polar surface area (TPSA) is 72.5 Å². The predicted molar refractivity (Wildman–Crippen MR) is 74.3 cm³/mol. The minimum atomic E-state index is -0.981. The molecular formula is C13H18BrNO3. The smallest absolute Gasteiger partial charge is 0.320 e. The zero-order valence-corrected chi connectivity index (χ0v) is 11.7. The molecule has 0 heterocycles. The Morgan fingerprint density at radius 1 is 1.33 bits per heavy atom. The van der Waals surface area contributed by atoms with E-state index in [1.54, 1.807) is 0 Å². The molecule has 0 aliphatic carbocycles. The SMILES string of the molecule is N[C@@H](Cc1ccc(OCCCCBr)cc1)C(=O)O. The van der Waals surface area contributed by atoms with Gasteiger partial charge in [0.15, 0.2) is 0 Å². The molecule has 5 heteroatoms. The number of hydrogen-bond donors (Lipinski definition) is 2. The average molecular weight is 316 g/mol. The van der Waals surface area contributed by atoms with E-state index in [-0.39, 0.29) is 0 Å². The van der Waals surface area contributed by atoms with Crippen molar-refractivity contribution < 1.29 is 14.6 Å². The number of nitrogens with two attached hydrogens (primary N) is 1. The number of unbranched alkanes of at least 4 members (excludes halogenated alkanes) is 1. The zero-order chi connectivity index (χ0) is 13.4. The molecule has 0 saturated heterocycles. The van der Waals surface area contributed by atoms with Gasteiger partial charge in [0, 0.05) is 5.33 Å². The highest BCUT2D eigenvalue weighted by molar-refractivity contribution is 9.09. The average Bonchev–Trinajstić information content (AvgIpc) is 2.36. The summed E-state index contributed by atoms with van der Waals surface area (Å²) in [6.45, 7) is 0.694. The first-order valence-electron chi connectivity index (χ1n) is 5.89. The number of hydrogen-bond acceptors (Lipinski definition) is 3. The Hall–Kier alpha value is -1.07. The monoisotopic (exact) mass is 315 g/mol. The second-order valence-corrected chi connectivity index (χ2v) is 4.83. The van der Waals surface area contributed by atoms with E-state index in [1.807, 2.05) is 24.3 Å². The van der Waals surface area contributed by atoms with Gasteiger partial charge in [0.2, 0.25) is 0 Å². The van der Waals surface area contributed by atoms with Gasteiger partial charge in [0.1, 0.15) is 11.8 Å². The Morgan fingerprint density at radius 2 is 2.00 bits per heavy atom. The van der Waals surface area contributed by atoms with E-state index < -0.39 is 12.0 Å². The number of carbonyl (C=O) groups is 1. The minimum Gasteiger partial charge on any atom is -0.494 e. The highest BCUT2D eigenvalue weighted by Crippen LogP contribution is 2.13. The summed E-state index contributed by atoms with van der Waals surface area (Å²) in [5, 5.41) is 9.70. The number of ether oxygens (including phenoxy) is 1. The van der Waals surface area contributed by atoms with Gasteiger partial charge in [0.05, 0.1) is 6.61 Å². The van der Waals surface area contributed by atoms with Crippen molar-refractivity contribution >= 4 is 21.9 Å². The number of halogens is 1. The Labute approximate surface area is 115 Å². The molecule has 0 bridgehead atoms. The summed E-state index contributed by atoms with van der Waals surface area (Å²) in [7, 11) is 0. The maximum Gasteiger partial charge on any atom is 0.320 e. The largest absolute Gasteiger partial charge is 0.494 e. The van der Waals surface area contributed by atoms with Crippen molar-refractivity contribution in [2.45, 2.75) is 25.3 Å². The molecule has 0 aliphatic heterocycles. The van der Waals surface area contributed by atoms with E-state index in [2.05, 4.69) is 15.9 Å². The van der Waals surface area contributed by atoms with Crippen LogP contribution in [0.1, 0.15) is 18.4 Å². The lowest BCUT2D eigenvalue weighted by Crippen LogP contribution is -2.32. The fraction of sp³-hybridized carbons (Fsp3) is 0.462. The maximum atomic E-state index is 10.6. The van der Waals surface area contributed by atoms with Crippen LogP contribution in [0.3, 0.4) is 0 Å². The number of benzene rings is 1. The van der Waals surface area contributed by atoms with Gasteiger partial charge in [0.25, 0.3) is 0 Å². The summed E-state index contributed by atoms with van der Waals surface area (Å²) in [4.78, 5) is 10.6. The number of carboxylic acid groups (broad SMARTS) is 1. The predicted octanol–water partition coefficient (Wildman–Crippen LogP) is 2.19. The van der Waals surface area contributed by atoms with E-state index in [4.69, 9.17) is 15.6 Å². The van der Waals surface area contributed by atoms with Gasteiger partial charge in [-0.3, -0.25) is 4.79 Å². The standard InChI is InChI=1S/C13H18BrNO3/c14-7-1-2-8-18-11-5-3-10(4-6-11)9-12(15)13(16)17/h3-6,12H,1-2,7-9,15H2,(H,16,17)/t12-/m0/s1. The van der Waals surface area contributed by atoms with Crippen molar-refractivity contribution in [2.75, 3.05) is 11.9 Å². The highest BCUT2D eigenvalue weighted by Gasteiger charge is 2.11. The van der Waals surface area contributed by atoms with Crippen LogP contribution >= 0.6 is 15.9 Å². The lowest BCUT2D eigenvalue weighted by Gasteiger charge is -2.08. The number of alkyl halides is 1. The summed E-state index contributed by atoms with van der Waals surface area (Å²) < 4.78 is 5.55. The number of carboxylic acids is 1. The van der Waals surface area contributed by atoms with Gasteiger partial charge < -0.3 is 15.6 Å². The van der Waals surface area contributed by atoms with Crippen LogP contribution in [-0.4, -0.2) is 29.1 Å². The molecule has 0 unspecified atom stereocenters. The van der Waals surface area contributed by atoms with Crippen molar-refractivity contribution in [3.05, 3.63) is 29.8 Å². The molecule has 3 N–H and O–H groups in total. The first-order chi connectivity index (χ1) is 8.63. The van der Waals surface area contributed by atoms with Gasteiger partial charge in [-0.1, -0.05) is 28.1 Å². The van der Waals surface area contributed by atoms with Crippen molar-refractivity contribution in [1.29, 1.82) is 0 Å². The molecule has 1 rings (SSSR count). The molecule has 0 radical (unpaired) electrons. The summed E-state index contributed by atoms with van der Waals surface area (Å²) in [6, 6.07) is 6.54. The second kappa shape index (κ2) is 8.11. The molecule has 1 atom stereocenters. The zero-order valence-electron chi connectivity index (χ0n) is 10.1. The fourth-order valence-electron chi connectivity index (χ4n) is 1.45. The summed E-state index contributed by atoms with van der Waals surface area (Å²) in [6.07, 6.45) is 2.43. The first kappa shape index (κ1) is 15.0. The summed E-state index contributed by atoms with van der Waals surface area (Å²) in [5.74, 6) is -0.178. The molecule has 1 aromatic rings. The van der Waals surface area contributed by atoms with E-state index in [0.29, 0.717) is 13.0 Å². The molecule has 0 spiro atoms. The Bertz CT molecular complexity index is 367. The van der Waals surface area contributed by atoms with Crippen LogP contribution in [-0.2, 0) is 11.2 Å². The first-order valence-corrected chi connectivity index (χ1v) is 7.01. The molecule has 0 aromatic heterocycles. The third-order valence-corrected chi connectivity index (χ3v) is 3.05. The molecule has 0 aliphatic rings. The van der Waals surface area contributed by atoms with Crippen LogP contribution < -0.4 is 10.5 Å². The van der Waals surface area contributed by atoms with E-state index in [0.717, 1.165) is 29.5 Å². The fourth-order valence-corrected chi connectivity index (χ4v) is 1.85. The molecule has 4 nitrogen and oxygen atoms in total. The van der Waals surface area contributed by atoms with Crippen LogP contribution in [0.15, 0.2) is 24.3 Å². The van der Waals surface area contributed by atoms with Crippen molar-refractivity contribution in [3.63, 3.8) is 0 Å². The van der Waals surface area contributed by atoms with Crippen LogP contribution in [0.4, 0.5) is 0 Å². The van der Waals surface area contributed by atoms with Crippen LogP contribution in [0, 0.1) is 0 Å². The molecule has 0 saturated carbocycles. The van der Waals surface area contributed by atoms with E-state index in [9.17, 15) is 4.79 Å². The Morgan fingerprint density at radius 3 is 2.56 bits per heavy atom. The van der Waals surface area contributed by atoms with Crippen LogP contribution in [0.2, 0.25) is 0 Å². The number of rotatable bonds is 8. The minimum absolute atomic E-state index is 0.333. The van der Waals surface area contributed by atoms with Gasteiger partial charge in [-0.2, -0.15) is 0 Å². The Balaban J connectivity index is 2.40. The van der Waals surface area contributed by atoms with Gasteiger partial charge in [-0.15, -0.1) is 0 Å². The van der Waals surface area contributed by atoms with Crippen molar-refractivity contribution in [1.82, 2.24) is 0 Å². The van der Waals surface area contributed by atoms with E-state index in [1.165, 1.54) is 0 Å². The summed E-state index contributed by atoms with van der Waals surface area (Å²) >= 11 is 3.36. The maximum absolute atomic E-state index is 10.6. The molecule has 18 heavy (non-hydrogen) atoms. The van der Waals surface area contributed by atoms with Gasteiger partial charge >= 0.3 is 5.97 Å². The molecule has 1 aromatic carbocycles. The lowest BCUT2D eigenvalue weighted by molar-refractivity contribution is -0.138. The van der Waals surface area contributed by atoms with Crippen molar-refractivity contribution in [2.24, 2.45) is 5.73 Å². The van der Waals surface area contributed by atoms with Crippen LogP contribution in [0.25, 0.3) is 0 Å². The van der Waals surface area contributed by atoms with Gasteiger partial charge in [-0.05, 0) is 37.0 Å². The molecular weight excluding hydrogens is 298 g/mol. The summed E-state index contributed by atoms with van der Waals surface area (Å²) in [5.41, 5.74) is 6.37.